The van der Waals surface area contributed by atoms with Crippen LogP contribution >= 0.6 is 0 Å². The number of piperazine rings is 1. The van der Waals surface area contributed by atoms with Crippen LogP contribution in [0.4, 0.5) is 24.5 Å². The predicted molar refractivity (Wildman–Crippen MR) is 143 cm³/mol. The number of anilines is 2. The molecule has 0 aliphatic carbocycles. The molecule has 2 aromatic rings. The van der Waals surface area contributed by atoms with E-state index in [0.29, 0.717) is 49.7 Å². The van der Waals surface area contributed by atoms with Crippen LogP contribution in [0.2, 0.25) is 0 Å². The number of alkyl halides is 3. The van der Waals surface area contributed by atoms with E-state index >= 15 is 0 Å². The Morgan fingerprint density at radius 2 is 1.52 bits per heavy atom. The quantitative estimate of drug-likeness (QED) is 0.416. The molecule has 1 fully saturated rings. The number of nitrogens with zero attached hydrogens (tertiary/aromatic N) is 2. The number of nitrogens with one attached hydrogen (secondary N) is 2. The standard InChI is InChI=1S/C25H32N4O4.C2HF3O2/c1-17-6-5-7-18(14-17)23(31)26-19-8-9-21(20(15-19)24(32)33)29-12-10-28(11-13-29)16-22(30)27-25(2,3)4;3-2(4,5)1(6)7/h5-9,14-15H,10-13,16H2,1-4H3,(H,26,31)(H,27,30)(H,32,33);(H,6,7). The molecule has 1 aliphatic rings. The third-order valence-corrected chi connectivity index (χ3v) is 5.60. The predicted octanol–water partition coefficient (Wildman–Crippen LogP) is 3.62. The minimum Gasteiger partial charge on any atom is -0.478 e. The highest BCUT2D eigenvalue weighted by Crippen LogP contribution is 2.26. The van der Waals surface area contributed by atoms with Crippen molar-refractivity contribution in [2.75, 3.05) is 42.9 Å². The van der Waals surface area contributed by atoms with Crippen molar-refractivity contribution < 1.29 is 42.6 Å². The lowest BCUT2D eigenvalue weighted by molar-refractivity contribution is -0.192. The molecule has 0 atom stereocenters. The van der Waals surface area contributed by atoms with Gasteiger partial charge < -0.3 is 25.7 Å². The first-order valence-corrected chi connectivity index (χ1v) is 12.3. The molecule has 1 aliphatic heterocycles. The number of carboxylic acid groups (broad SMARTS) is 2. The summed E-state index contributed by atoms with van der Waals surface area (Å²) in [7, 11) is 0. The van der Waals surface area contributed by atoms with Gasteiger partial charge >= 0.3 is 18.1 Å². The summed E-state index contributed by atoms with van der Waals surface area (Å²) in [5.41, 5.74) is 2.39. The number of halogens is 3. The van der Waals surface area contributed by atoms with Crippen LogP contribution in [-0.4, -0.2) is 83.3 Å². The highest BCUT2D eigenvalue weighted by molar-refractivity contribution is 6.05. The SMILES string of the molecule is Cc1cccc(C(=O)Nc2ccc(N3CCN(CC(=O)NC(C)(C)C)CC3)c(C(=O)O)c2)c1.O=C(O)C(F)(F)F. The Balaban J connectivity index is 0.000000708. The molecule has 40 heavy (non-hydrogen) atoms. The van der Waals surface area contributed by atoms with E-state index in [1.807, 2.05) is 44.7 Å². The van der Waals surface area contributed by atoms with E-state index in [0.717, 1.165) is 5.56 Å². The fraction of sp³-hybridized carbons (Fsp3) is 0.407. The number of amides is 2. The number of aromatic carboxylic acids is 1. The largest absolute Gasteiger partial charge is 0.490 e. The molecule has 10 nitrogen and oxygen atoms in total. The zero-order valence-corrected chi connectivity index (χ0v) is 22.6. The molecule has 0 saturated carbocycles. The third-order valence-electron chi connectivity index (χ3n) is 5.60. The molecule has 2 amide bonds. The molecule has 2 aromatic carbocycles. The molecule has 1 saturated heterocycles. The smallest absolute Gasteiger partial charge is 0.478 e. The molecule has 0 bridgehead atoms. The Bertz CT molecular complexity index is 1240. The van der Waals surface area contributed by atoms with Gasteiger partial charge in [-0.05, 0) is 58.0 Å². The number of rotatable bonds is 6. The van der Waals surface area contributed by atoms with Gasteiger partial charge in [-0.15, -0.1) is 0 Å². The monoisotopic (exact) mass is 566 g/mol. The molecule has 0 radical (unpaired) electrons. The fourth-order valence-electron chi connectivity index (χ4n) is 3.86. The van der Waals surface area contributed by atoms with Crippen molar-refractivity contribution >= 4 is 35.1 Å². The van der Waals surface area contributed by atoms with Crippen molar-refractivity contribution in [2.24, 2.45) is 0 Å². The zero-order chi connectivity index (χ0) is 30.3. The summed E-state index contributed by atoms with van der Waals surface area (Å²) in [5, 5.41) is 22.7. The summed E-state index contributed by atoms with van der Waals surface area (Å²) in [5.74, 6) is -4.11. The number of benzene rings is 2. The lowest BCUT2D eigenvalue weighted by Crippen LogP contribution is -2.52. The summed E-state index contributed by atoms with van der Waals surface area (Å²) >= 11 is 0. The maximum absolute atomic E-state index is 12.5. The average Bonchev–Trinajstić information content (AvgIpc) is 2.83. The first-order valence-electron chi connectivity index (χ1n) is 12.3. The average molecular weight is 567 g/mol. The fourth-order valence-corrected chi connectivity index (χ4v) is 3.86. The lowest BCUT2D eigenvalue weighted by Gasteiger charge is -2.36. The van der Waals surface area contributed by atoms with E-state index in [2.05, 4.69) is 15.5 Å². The molecular weight excluding hydrogens is 533 g/mol. The highest BCUT2D eigenvalue weighted by Gasteiger charge is 2.38. The van der Waals surface area contributed by atoms with Gasteiger partial charge in [0.2, 0.25) is 5.91 Å². The van der Waals surface area contributed by atoms with Gasteiger partial charge in [0.1, 0.15) is 0 Å². The minimum atomic E-state index is -5.08. The molecule has 13 heteroatoms. The van der Waals surface area contributed by atoms with Crippen LogP contribution in [0, 0.1) is 6.92 Å². The number of hydrogen-bond acceptors (Lipinski definition) is 6. The Morgan fingerprint density at radius 1 is 0.925 bits per heavy atom. The van der Waals surface area contributed by atoms with Crippen molar-refractivity contribution in [1.82, 2.24) is 10.2 Å². The molecule has 0 aromatic heterocycles. The van der Waals surface area contributed by atoms with E-state index in [1.165, 1.54) is 6.07 Å². The molecule has 0 unspecified atom stereocenters. The van der Waals surface area contributed by atoms with Crippen LogP contribution in [-0.2, 0) is 9.59 Å². The van der Waals surface area contributed by atoms with E-state index in [1.54, 1.807) is 24.3 Å². The molecule has 0 spiro atoms. The van der Waals surface area contributed by atoms with Gasteiger partial charge in [0, 0.05) is 43.0 Å². The van der Waals surface area contributed by atoms with Gasteiger partial charge in [-0.25, -0.2) is 9.59 Å². The van der Waals surface area contributed by atoms with Crippen molar-refractivity contribution in [3.8, 4) is 0 Å². The Morgan fingerprint density at radius 3 is 2.02 bits per heavy atom. The summed E-state index contributed by atoms with van der Waals surface area (Å²) in [6, 6.07) is 12.2. The topological polar surface area (TPSA) is 139 Å². The second kappa shape index (κ2) is 13.3. The van der Waals surface area contributed by atoms with Crippen LogP contribution in [0.3, 0.4) is 0 Å². The van der Waals surface area contributed by atoms with Crippen LogP contribution in [0.5, 0.6) is 0 Å². The molecular formula is C27H33F3N4O6. The first-order chi connectivity index (χ1) is 18.5. The first kappa shape index (κ1) is 32.1. The van der Waals surface area contributed by atoms with Gasteiger partial charge in [0.25, 0.3) is 5.91 Å². The van der Waals surface area contributed by atoms with E-state index < -0.39 is 18.1 Å². The molecule has 3 rings (SSSR count). The summed E-state index contributed by atoms with van der Waals surface area (Å²) in [4.78, 5) is 49.7. The van der Waals surface area contributed by atoms with Gasteiger partial charge in [0.15, 0.2) is 0 Å². The van der Waals surface area contributed by atoms with Crippen molar-refractivity contribution in [3.63, 3.8) is 0 Å². The molecule has 218 valence electrons. The molecule has 4 N–H and O–H groups in total. The van der Waals surface area contributed by atoms with Crippen LogP contribution in [0.25, 0.3) is 0 Å². The van der Waals surface area contributed by atoms with Crippen LogP contribution in [0.15, 0.2) is 42.5 Å². The minimum absolute atomic E-state index is 0.0177. The van der Waals surface area contributed by atoms with Crippen LogP contribution < -0.4 is 15.5 Å². The number of hydrogen-bond donors (Lipinski definition) is 4. The third kappa shape index (κ3) is 10.2. The maximum Gasteiger partial charge on any atom is 0.490 e. The van der Waals surface area contributed by atoms with Crippen molar-refractivity contribution in [1.29, 1.82) is 0 Å². The van der Waals surface area contributed by atoms with E-state index in [9.17, 15) is 32.7 Å². The summed E-state index contributed by atoms with van der Waals surface area (Å²) in [6.45, 7) is 10.6. The number of carbonyl (C=O) groups is 4. The Labute approximate surface area is 229 Å². The lowest BCUT2D eigenvalue weighted by atomic mass is 10.1. The van der Waals surface area contributed by atoms with Gasteiger partial charge in [-0.1, -0.05) is 17.7 Å². The molecule has 1 heterocycles. The number of carboxylic acids is 2. The van der Waals surface area contributed by atoms with Crippen molar-refractivity contribution in [3.05, 3.63) is 59.2 Å². The van der Waals surface area contributed by atoms with E-state index in [4.69, 9.17) is 9.90 Å². The van der Waals surface area contributed by atoms with Gasteiger partial charge in [-0.3, -0.25) is 14.5 Å². The maximum atomic E-state index is 12.5. The summed E-state index contributed by atoms with van der Waals surface area (Å²) in [6.07, 6.45) is -5.08. The second-order valence-electron chi connectivity index (χ2n) is 10.2. The Kier molecular flexibility index (Phi) is 10.7. The highest BCUT2D eigenvalue weighted by atomic mass is 19.4. The normalized spacial score (nSPS) is 14.0. The van der Waals surface area contributed by atoms with Gasteiger partial charge in [-0.2, -0.15) is 13.2 Å². The summed E-state index contributed by atoms with van der Waals surface area (Å²) < 4.78 is 31.7. The van der Waals surface area contributed by atoms with Crippen molar-refractivity contribution in [2.45, 2.75) is 39.4 Å². The van der Waals surface area contributed by atoms with Crippen LogP contribution in [0.1, 0.15) is 47.1 Å². The second-order valence-corrected chi connectivity index (χ2v) is 10.2. The van der Waals surface area contributed by atoms with E-state index in [-0.39, 0.29) is 22.9 Å². The Hall–Kier alpha value is -4.13. The number of carbonyl (C=O) groups excluding carboxylic acids is 2. The zero-order valence-electron chi connectivity index (χ0n) is 22.6. The number of aryl methyl sites for hydroxylation is 1. The number of aliphatic carboxylic acids is 1. The van der Waals surface area contributed by atoms with Gasteiger partial charge in [0.05, 0.1) is 17.8 Å².